The first-order valence-corrected chi connectivity index (χ1v) is 8.10. The van der Waals surface area contributed by atoms with Crippen molar-refractivity contribution in [3.05, 3.63) is 29.8 Å². The molecule has 0 spiro atoms. The number of hydrogen-bond donors (Lipinski definition) is 1. The molecule has 1 aromatic rings. The van der Waals surface area contributed by atoms with Crippen molar-refractivity contribution in [1.82, 2.24) is 5.32 Å². The number of hydrogen-bond acceptors (Lipinski definition) is 3. The molecule has 2 unspecified atom stereocenters. The number of benzene rings is 1. The van der Waals surface area contributed by atoms with E-state index in [1.165, 1.54) is 5.56 Å². The van der Waals surface area contributed by atoms with E-state index < -0.39 is 0 Å². The molecule has 0 aliphatic carbocycles. The Morgan fingerprint density at radius 1 is 1.19 bits per heavy atom. The average molecular weight is 293 g/mol. The molecule has 3 heteroatoms. The van der Waals surface area contributed by atoms with Crippen LogP contribution in [-0.4, -0.2) is 31.9 Å². The normalized spacial score (nSPS) is 15.5. The van der Waals surface area contributed by atoms with Gasteiger partial charge in [0.15, 0.2) is 0 Å². The zero-order valence-electron chi connectivity index (χ0n) is 14.2. The summed E-state index contributed by atoms with van der Waals surface area (Å²) in [5.74, 6) is 0.954. The van der Waals surface area contributed by atoms with Gasteiger partial charge in [-0.2, -0.15) is 0 Å². The van der Waals surface area contributed by atoms with E-state index in [-0.39, 0.29) is 11.6 Å². The Hall–Kier alpha value is -1.06. The third kappa shape index (κ3) is 5.01. The van der Waals surface area contributed by atoms with E-state index in [0.717, 1.165) is 38.2 Å². The zero-order chi connectivity index (χ0) is 15.7. The van der Waals surface area contributed by atoms with Crippen molar-refractivity contribution < 1.29 is 9.47 Å². The number of nitrogens with one attached hydrogen (secondary N) is 1. The highest BCUT2D eigenvalue weighted by atomic mass is 16.5. The standard InChI is InChI=1S/C18H31NO2/c1-6-13-19-17(18(4,7-2)21-8-3)14-15-11-9-10-12-16(15)20-5/h9-12,17,19H,6-8,13-14H2,1-5H3. The Morgan fingerprint density at radius 2 is 1.90 bits per heavy atom. The summed E-state index contributed by atoms with van der Waals surface area (Å²) in [7, 11) is 1.73. The molecular weight excluding hydrogens is 262 g/mol. The molecule has 0 saturated heterocycles. The van der Waals surface area contributed by atoms with E-state index in [2.05, 4.69) is 45.1 Å². The number of rotatable bonds is 10. The van der Waals surface area contributed by atoms with Crippen molar-refractivity contribution in [3.8, 4) is 5.75 Å². The van der Waals surface area contributed by atoms with Crippen LogP contribution in [0.5, 0.6) is 5.75 Å². The number of ether oxygens (including phenoxy) is 2. The lowest BCUT2D eigenvalue weighted by Crippen LogP contribution is -2.51. The molecule has 1 rings (SSSR count). The minimum Gasteiger partial charge on any atom is -0.496 e. The molecule has 0 radical (unpaired) electrons. The van der Waals surface area contributed by atoms with Crippen LogP contribution in [0.15, 0.2) is 24.3 Å². The fraction of sp³-hybridized carbons (Fsp3) is 0.667. The van der Waals surface area contributed by atoms with Gasteiger partial charge in [-0.25, -0.2) is 0 Å². The lowest BCUT2D eigenvalue weighted by atomic mass is 9.87. The predicted octanol–water partition coefficient (Wildman–Crippen LogP) is 3.81. The van der Waals surface area contributed by atoms with Crippen LogP contribution in [0.2, 0.25) is 0 Å². The summed E-state index contributed by atoms with van der Waals surface area (Å²) in [4.78, 5) is 0. The molecule has 1 N–H and O–H groups in total. The van der Waals surface area contributed by atoms with Gasteiger partial charge in [-0.05, 0) is 51.3 Å². The molecule has 2 atom stereocenters. The molecule has 21 heavy (non-hydrogen) atoms. The topological polar surface area (TPSA) is 30.5 Å². The second-order valence-corrected chi connectivity index (χ2v) is 5.62. The van der Waals surface area contributed by atoms with E-state index >= 15 is 0 Å². The lowest BCUT2D eigenvalue weighted by molar-refractivity contribution is -0.0550. The molecule has 120 valence electrons. The fourth-order valence-electron chi connectivity index (χ4n) is 2.69. The van der Waals surface area contributed by atoms with Crippen LogP contribution in [0.3, 0.4) is 0 Å². The van der Waals surface area contributed by atoms with Crippen molar-refractivity contribution in [1.29, 1.82) is 0 Å². The summed E-state index contributed by atoms with van der Waals surface area (Å²) in [5, 5.41) is 3.66. The molecule has 0 saturated carbocycles. The molecule has 0 aliphatic heterocycles. The largest absolute Gasteiger partial charge is 0.496 e. The Bertz CT molecular complexity index is 408. The van der Waals surface area contributed by atoms with Crippen LogP contribution in [0.1, 0.15) is 46.1 Å². The first kappa shape index (κ1) is 18.0. The molecule has 0 aliphatic rings. The summed E-state index contributed by atoms with van der Waals surface area (Å²) in [6.45, 7) is 10.4. The molecule has 0 bridgehead atoms. The first-order valence-electron chi connectivity index (χ1n) is 8.10. The maximum atomic E-state index is 6.08. The average Bonchev–Trinajstić information content (AvgIpc) is 2.51. The molecule has 0 heterocycles. The SMILES string of the molecule is CCCNC(Cc1ccccc1OC)C(C)(CC)OCC. The van der Waals surface area contributed by atoms with E-state index in [9.17, 15) is 0 Å². The highest BCUT2D eigenvalue weighted by Gasteiger charge is 2.33. The minimum absolute atomic E-state index is 0.162. The van der Waals surface area contributed by atoms with E-state index in [0.29, 0.717) is 0 Å². The first-order chi connectivity index (χ1) is 10.1. The Kier molecular flexibility index (Phi) is 7.76. The van der Waals surface area contributed by atoms with Crippen LogP contribution in [-0.2, 0) is 11.2 Å². The molecular formula is C18H31NO2. The van der Waals surface area contributed by atoms with Gasteiger partial charge >= 0.3 is 0 Å². The lowest BCUT2D eigenvalue weighted by Gasteiger charge is -2.38. The Labute approximate surface area is 130 Å². The third-order valence-corrected chi connectivity index (χ3v) is 4.17. The summed E-state index contributed by atoms with van der Waals surface area (Å²) in [5.41, 5.74) is 1.07. The molecule has 0 amide bonds. The Morgan fingerprint density at radius 3 is 2.48 bits per heavy atom. The maximum absolute atomic E-state index is 6.08. The summed E-state index contributed by atoms with van der Waals surface area (Å²) in [6, 6.07) is 8.52. The van der Waals surface area contributed by atoms with Crippen LogP contribution in [0.4, 0.5) is 0 Å². The molecule has 1 aromatic carbocycles. The van der Waals surface area contributed by atoms with Gasteiger partial charge in [0, 0.05) is 12.6 Å². The highest BCUT2D eigenvalue weighted by molar-refractivity contribution is 5.34. The summed E-state index contributed by atoms with van der Waals surface area (Å²) < 4.78 is 11.6. The van der Waals surface area contributed by atoms with Crippen molar-refractivity contribution in [2.75, 3.05) is 20.3 Å². The highest BCUT2D eigenvalue weighted by Crippen LogP contribution is 2.27. The fourth-order valence-corrected chi connectivity index (χ4v) is 2.69. The summed E-state index contributed by atoms with van der Waals surface area (Å²) in [6.07, 6.45) is 3.01. The quantitative estimate of drug-likeness (QED) is 0.711. The second kappa shape index (κ2) is 9.06. The maximum Gasteiger partial charge on any atom is 0.122 e. The molecule has 3 nitrogen and oxygen atoms in total. The van der Waals surface area contributed by atoms with Gasteiger partial charge in [0.05, 0.1) is 12.7 Å². The smallest absolute Gasteiger partial charge is 0.122 e. The third-order valence-electron chi connectivity index (χ3n) is 4.17. The van der Waals surface area contributed by atoms with Crippen LogP contribution in [0.25, 0.3) is 0 Å². The van der Waals surface area contributed by atoms with Gasteiger partial charge in [-0.15, -0.1) is 0 Å². The zero-order valence-corrected chi connectivity index (χ0v) is 14.2. The molecule has 0 aromatic heterocycles. The van der Waals surface area contributed by atoms with Crippen molar-refractivity contribution >= 4 is 0 Å². The van der Waals surface area contributed by atoms with Gasteiger partial charge in [0.25, 0.3) is 0 Å². The van der Waals surface area contributed by atoms with Gasteiger partial charge in [-0.3, -0.25) is 0 Å². The van der Waals surface area contributed by atoms with Gasteiger partial charge in [0.2, 0.25) is 0 Å². The van der Waals surface area contributed by atoms with E-state index in [1.807, 2.05) is 12.1 Å². The van der Waals surface area contributed by atoms with Gasteiger partial charge < -0.3 is 14.8 Å². The van der Waals surface area contributed by atoms with Crippen molar-refractivity contribution in [3.63, 3.8) is 0 Å². The van der Waals surface area contributed by atoms with E-state index in [1.54, 1.807) is 7.11 Å². The van der Waals surface area contributed by atoms with E-state index in [4.69, 9.17) is 9.47 Å². The van der Waals surface area contributed by atoms with Gasteiger partial charge in [0.1, 0.15) is 5.75 Å². The predicted molar refractivity (Wildman–Crippen MR) is 89.1 cm³/mol. The molecule has 0 fully saturated rings. The van der Waals surface area contributed by atoms with Gasteiger partial charge in [-0.1, -0.05) is 32.0 Å². The summed E-state index contributed by atoms with van der Waals surface area (Å²) >= 11 is 0. The minimum atomic E-state index is -0.162. The van der Waals surface area contributed by atoms with Crippen molar-refractivity contribution in [2.45, 2.75) is 58.6 Å². The van der Waals surface area contributed by atoms with Crippen LogP contribution in [0, 0.1) is 0 Å². The number of para-hydroxylation sites is 1. The number of methoxy groups -OCH3 is 1. The monoisotopic (exact) mass is 293 g/mol. The van der Waals surface area contributed by atoms with Crippen molar-refractivity contribution in [2.24, 2.45) is 0 Å². The second-order valence-electron chi connectivity index (χ2n) is 5.62. The van der Waals surface area contributed by atoms with Crippen LogP contribution < -0.4 is 10.1 Å². The van der Waals surface area contributed by atoms with Crippen LogP contribution >= 0.6 is 0 Å². The Balaban J connectivity index is 2.96.